The average molecular weight is 463 g/mol. The van der Waals surface area contributed by atoms with Crippen molar-refractivity contribution < 1.29 is 14.7 Å². The number of carbonyl (C=O) groups excluding carboxylic acids is 1. The van der Waals surface area contributed by atoms with Gasteiger partial charge in [0.05, 0.1) is 18.0 Å². The van der Waals surface area contributed by atoms with Gasteiger partial charge >= 0.3 is 5.97 Å². The third-order valence-electron chi connectivity index (χ3n) is 5.24. The van der Waals surface area contributed by atoms with Gasteiger partial charge in [0.1, 0.15) is 0 Å². The SMILES string of the molecule is CN(C(=O)[C@@H](CC(=O)O)Cc1ccccc1)c1nc(-c2ccccc2-c2ccsc2)cs1. The van der Waals surface area contributed by atoms with Gasteiger partial charge in [-0.1, -0.05) is 54.6 Å². The first-order valence-corrected chi connectivity index (χ1v) is 12.0. The lowest BCUT2D eigenvalue weighted by molar-refractivity contribution is -0.140. The first kappa shape index (κ1) is 21.9. The molecule has 162 valence electrons. The number of thiophene rings is 1. The topological polar surface area (TPSA) is 70.5 Å². The zero-order valence-electron chi connectivity index (χ0n) is 17.5. The number of benzene rings is 2. The molecule has 1 N–H and O–H groups in total. The van der Waals surface area contributed by atoms with Gasteiger partial charge in [0.25, 0.3) is 0 Å². The van der Waals surface area contributed by atoms with E-state index in [2.05, 4.69) is 17.5 Å². The Labute approximate surface area is 194 Å². The molecule has 2 aromatic carbocycles. The Morgan fingerprint density at radius 2 is 1.72 bits per heavy atom. The van der Waals surface area contributed by atoms with Gasteiger partial charge in [0, 0.05) is 18.0 Å². The minimum atomic E-state index is -0.989. The highest BCUT2D eigenvalue weighted by atomic mass is 32.1. The zero-order valence-corrected chi connectivity index (χ0v) is 19.1. The molecular formula is C25H22N2O3S2. The Hall–Kier alpha value is -3.29. The summed E-state index contributed by atoms with van der Waals surface area (Å²) in [6, 6.07) is 19.6. The van der Waals surface area contributed by atoms with E-state index in [1.165, 1.54) is 16.2 Å². The molecule has 0 saturated heterocycles. The number of rotatable bonds is 8. The van der Waals surface area contributed by atoms with Gasteiger partial charge in [0.15, 0.2) is 5.13 Å². The van der Waals surface area contributed by atoms with E-state index in [4.69, 9.17) is 4.98 Å². The maximum absolute atomic E-state index is 13.2. The van der Waals surface area contributed by atoms with Crippen molar-refractivity contribution in [3.63, 3.8) is 0 Å². The van der Waals surface area contributed by atoms with E-state index in [-0.39, 0.29) is 12.3 Å². The van der Waals surface area contributed by atoms with E-state index >= 15 is 0 Å². The van der Waals surface area contributed by atoms with Crippen LogP contribution >= 0.6 is 22.7 Å². The lowest BCUT2D eigenvalue weighted by atomic mass is 9.95. The van der Waals surface area contributed by atoms with Crippen LogP contribution in [0.3, 0.4) is 0 Å². The Kier molecular flexibility index (Phi) is 6.78. The number of hydrogen-bond acceptors (Lipinski definition) is 5. The summed E-state index contributed by atoms with van der Waals surface area (Å²) >= 11 is 3.02. The van der Waals surface area contributed by atoms with Crippen molar-refractivity contribution >= 4 is 39.7 Å². The first-order chi connectivity index (χ1) is 15.5. The highest BCUT2D eigenvalue weighted by Crippen LogP contribution is 2.35. The third-order valence-corrected chi connectivity index (χ3v) is 6.84. The molecule has 7 heteroatoms. The van der Waals surface area contributed by atoms with E-state index < -0.39 is 11.9 Å². The number of aromatic nitrogens is 1. The number of carboxylic acids is 1. The van der Waals surface area contributed by atoms with Gasteiger partial charge in [-0.2, -0.15) is 11.3 Å². The predicted octanol–water partition coefficient (Wildman–Crippen LogP) is 5.84. The first-order valence-electron chi connectivity index (χ1n) is 10.1. The molecule has 1 amide bonds. The predicted molar refractivity (Wildman–Crippen MR) is 130 cm³/mol. The largest absolute Gasteiger partial charge is 0.481 e. The van der Waals surface area contributed by atoms with E-state index in [9.17, 15) is 14.7 Å². The highest BCUT2D eigenvalue weighted by molar-refractivity contribution is 7.14. The van der Waals surface area contributed by atoms with Crippen LogP contribution in [0.15, 0.2) is 76.8 Å². The molecule has 0 unspecified atom stereocenters. The Balaban J connectivity index is 1.58. The molecular weight excluding hydrogens is 440 g/mol. The van der Waals surface area contributed by atoms with Crippen LogP contribution in [0.1, 0.15) is 12.0 Å². The summed E-state index contributed by atoms with van der Waals surface area (Å²) in [5, 5.41) is 16.0. The number of aliphatic carboxylic acids is 1. The number of amides is 1. The summed E-state index contributed by atoms with van der Waals surface area (Å²) in [4.78, 5) is 30.8. The summed E-state index contributed by atoms with van der Waals surface area (Å²) in [5.74, 6) is -1.90. The molecule has 5 nitrogen and oxygen atoms in total. The summed E-state index contributed by atoms with van der Waals surface area (Å²) < 4.78 is 0. The average Bonchev–Trinajstić information content (AvgIpc) is 3.50. The monoisotopic (exact) mass is 462 g/mol. The standard InChI is InChI=1S/C25H22N2O3S2/c1-27(24(30)19(14-23(28)29)13-17-7-3-2-4-8-17)25-26-22(16-32-25)21-10-6-5-9-20(21)18-11-12-31-15-18/h2-12,15-16,19H,13-14H2,1H3,(H,28,29)/t19-/m1/s1. The van der Waals surface area contributed by atoms with Gasteiger partial charge in [-0.15, -0.1) is 11.3 Å². The molecule has 2 heterocycles. The molecule has 0 aliphatic carbocycles. The smallest absolute Gasteiger partial charge is 0.304 e. The van der Waals surface area contributed by atoms with Gasteiger partial charge in [0.2, 0.25) is 5.91 Å². The summed E-state index contributed by atoms with van der Waals surface area (Å²) in [6.07, 6.45) is 0.146. The van der Waals surface area contributed by atoms with Crippen LogP contribution < -0.4 is 4.90 Å². The molecule has 4 aromatic rings. The van der Waals surface area contributed by atoms with Crippen molar-refractivity contribution in [2.75, 3.05) is 11.9 Å². The van der Waals surface area contributed by atoms with E-state index in [1.807, 2.05) is 59.3 Å². The molecule has 0 aliphatic rings. The fourth-order valence-electron chi connectivity index (χ4n) is 3.64. The summed E-state index contributed by atoms with van der Waals surface area (Å²) in [6.45, 7) is 0. The van der Waals surface area contributed by atoms with Crippen LogP contribution in [0, 0.1) is 5.92 Å². The van der Waals surface area contributed by atoms with Crippen molar-refractivity contribution in [1.29, 1.82) is 0 Å². The molecule has 32 heavy (non-hydrogen) atoms. The molecule has 0 saturated carbocycles. The number of carboxylic acid groups (broad SMARTS) is 1. The quantitative estimate of drug-likeness (QED) is 0.357. The molecule has 0 spiro atoms. The van der Waals surface area contributed by atoms with Crippen molar-refractivity contribution in [1.82, 2.24) is 4.98 Å². The van der Waals surface area contributed by atoms with Crippen LogP contribution in [0.4, 0.5) is 5.13 Å². The molecule has 2 aromatic heterocycles. The van der Waals surface area contributed by atoms with Crippen LogP contribution in [0.2, 0.25) is 0 Å². The van der Waals surface area contributed by atoms with Crippen molar-refractivity contribution in [2.45, 2.75) is 12.8 Å². The van der Waals surface area contributed by atoms with Crippen LogP contribution in [-0.4, -0.2) is 29.0 Å². The number of nitrogens with zero attached hydrogens (tertiary/aromatic N) is 2. The van der Waals surface area contributed by atoms with E-state index in [0.717, 1.165) is 27.9 Å². The Bertz CT molecular complexity index is 1200. The van der Waals surface area contributed by atoms with Gasteiger partial charge < -0.3 is 5.11 Å². The lowest BCUT2D eigenvalue weighted by Crippen LogP contribution is -2.35. The zero-order chi connectivity index (χ0) is 22.5. The maximum atomic E-state index is 13.2. The minimum Gasteiger partial charge on any atom is -0.481 e. The Morgan fingerprint density at radius 1 is 1.00 bits per heavy atom. The number of thiazole rings is 1. The highest BCUT2D eigenvalue weighted by Gasteiger charge is 2.27. The van der Waals surface area contributed by atoms with Crippen molar-refractivity contribution in [3.05, 3.63) is 82.4 Å². The molecule has 0 bridgehead atoms. The summed E-state index contributed by atoms with van der Waals surface area (Å²) in [5.41, 5.74) is 4.95. The Morgan fingerprint density at radius 3 is 2.41 bits per heavy atom. The van der Waals surface area contributed by atoms with Crippen molar-refractivity contribution in [2.24, 2.45) is 5.92 Å². The second-order valence-corrected chi connectivity index (χ2v) is 9.07. The second-order valence-electron chi connectivity index (χ2n) is 7.45. The molecule has 4 rings (SSSR count). The number of hydrogen-bond donors (Lipinski definition) is 1. The maximum Gasteiger partial charge on any atom is 0.304 e. The fourth-order valence-corrected chi connectivity index (χ4v) is 5.09. The van der Waals surface area contributed by atoms with Gasteiger partial charge in [-0.25, -0.2) is 4.98 Å². The fraction of sp³-hybridized carbons (Fsp3) is 0.160. The van der Waals surface area contributed by atoms with E-state index in [1.54, 1.807) is 18.4 Å². The van der Waals surface area contributed by atoms with Gasteiger partial charge in [-0.05, 0) is 39.9 Å². The lowest BCUT2D eigenvalue weighted by Gasteiger charge is -2.21. The van der Waals surface area contributed by atoms with Crippen molar-refractivity contribution in [3.8, 4) is 22.4 Å². The van der Waals surface area contributed by atoms with E-state index in [0.29, 0.717) is 11.6 Å². The normalized spacial score (nSPS) is 11.8. The number of anilines is 1. The molecule has 1 atom stereocenters. The summed E-state index contributed by atoms with van der Waals surface area (Å²) in [7, 11) is 1.66. The molecule has 0 aliphatic heterocycles. The second kappa shape index (κ2) is 9.89. The van der Waals surface area contributed by atoms with Crippen LogP contribution in [0.25, 0.3) is 22.4 Å². The van der Waals surface area contributed by atoms with Crippen LogP contribution in [0.5, 0.6) is 0 Å². The van der Waals surface area contributed by atoms with Crippen LogP contribution in [-0.2, 0) is 16.0 Å². The molecule has 0 radical (unpaired) electrons. The third kappa shape index (κ3) is 4.95. The van der Waals surface area contributed by atoms with Gasteiger partial charge in [-0.3, -0.25) is 14.5 Å². The number of carbonyl (C=O) groups is 2. The molecule has 0 fully saturated rings. The minimum absolute atomic E-state index is 0.225.